The van der Waals surface area contributed by atoms with Gasteiger partial charge in [-0.2, -0.15) is 0 Å². The number of aromatic amines is 1. The van der Waals surface area contributed by atoms with E-state index in [1.807, 2.05) is 30.3 Å². The van der Waals surface area contributed by atoms with Gasteiger partial charge < -0.3 is 37.1 Å². The number of carboxylic acids is 1. The van der Waals surface area contributed by atoms with Gasteiger partial charge in [-0.05, 0) is 30.9 Å². The number of amides is 2. The van der Waals surface area contributed by atoms with Gasteiger partial charge in [-0.3, -0.25) is 15.0 Å². The lowest BCUT2D eigenvalue weighted by atomic mass is 10.0. The Bertz CT molecular complexity index is 1110. The number of nitrogens with zero attached hydrogens (tertiary/aromatic N) is 1. The van der Waals surface area contributed by atoms with Crippen LogP contribution in [0, 0.1) is 5.41 Å². The highest BCUT2D eigenvalue weighted by Crippen LogP contribution is 2.19. The third kappa shape index (κ3) is 7.31. The second-order valence-electron chi connectivity index (χ2n) is 8.71. The lowest BCUT2D eigenvalue weighted by Gasteiger charge is -2.17. The number of H-pyrrole nitrogens is 1. The van der Waals surface area contributed by atoms with Gasteiger partial charge >= 0.3 is 5.97 Å². The third-order valence-corrected chi connectivity index (χ3v) is 6.02. The molecule has 1 aliphatic rings. The summed E-state index contributed by atoms with van der Waals surface area (Å²) in [6.45, 7) is 1.42. The average molecular weight is 484 g/mol. The van der Waals surface area contributed by atoms with Gasteiger partial charge in [0.1, 0.15) is 6.04 Å². The van der Waals surface area contributed by atoms with Crippen molar-refractivity contribution in [1.29, 1.82) is 5.41 Å². The summed E-state index contributed by atoms with van der Waals surface area (Å²) in [4.78, 5) is 41.0. The maximum absolute atomic E-state index is 12.3. The summed E-state index contributed by atoms with van der Waals surface area (Å²) in [6, 6.07) is 5.88. The van der Waals surface area contributed by atoms with E-state index in [0.717, 1.165) is 22.0 Å². The second-order valence-corrected chi connectivity index (χ2v) is 8.71. The van der Waals surface area contributed by atoms with Crippen molar-refractivity contribution in [1.82, 2.24) is 20.5 Å². The van der Waals surface area contributed by atoms with Crippen molar-refractivity contribution in [3.05, 3.63) is 47.7 Å². The number of guanidine groups is 1. The molecule has 11 heteroatoms. The van der Waals surface area contributed by atoms with Crippen molar-refractivity contribution in [3.8, 4) is 0 Å². The van der Waals surface area contributed by atoms with E-state index in [9.17, 15) is 19.5 Å². The minimum absolute atomic E-state index is 0.00838. The second kappa shape index (κ2) is 12.0. The Morgan fingerprint density at radius 1 is 1.20 bits per heavy atom. The van der Waals surface area contributed by atoms with Crippen LogP contribution < -0.4 is 22.1 Å². The van der Waals surface area contributed by atoms with Crippen LogP contribution in [0.25, 0.3) is 10.9 Å². The number of nitrogens with one attached hydrogen (secondary N) is 4. The molecule has 0 spiro atoms. The average Bonchev–Trinajstić information content (AvgIpc) is 3.45. The Kier molecular flexibility index (Phi) is 8.85. The van der Waals surface area contributed by atoms with Crippen molar-refractivity contribution in [2.24, 2.45) is 11.5 Å². The van der Waals surface area contributed by atoms with Crippen molar-refractivity contribution < 1.29 is 19.5 Å². The first-order valence-corrected chi connectivity index (χ1v) is 11.6. The Labute approximate surface area is 203 Å². The predicted octanol–water partition coefficient (Wildman–Crippen LogP) is 0.419. The predicted molar refractivity (Wildman–Crippen MR) is 133 cm³/mol. The van der Waals surface area contributed by atoms with Gasteiger partial charge in [0.15, 0.2) is 5.96 Å². The van der Waals surface area contributed by atoms with Gasteiger partial charge in [-0.25, -0.2) is 4.79 Å². The Morgan fingerprint density at radius 3 is 2.69 bits per heavy atom. The van der Waals surface area contributed by atoms with E-state index < -0.39 is 18.1 Å². The third-order valence-electron chi connectivity index (χ3n) is 6.02. The van der Waals surface area contributed by atoms with E-state index in [-0.39, 0.29) is 30.6 Å². The molecule has 0 saturated carbocycles. The fourth-order valence-electron chi connectivity index (χ4n) is 4.06. The van der Waals surface area contributed by atoms with Crippen LogP contribution >= 0.6 is 0 Å². The van der Waals surface area contributed by atoms with Crippen LogP contribution in [0.5, 0.6) is 0 Å². The maximum atomic E-state index is 12.3. The van der Waals surface area contributed by atoms with Crippen molar-refractivity contribution in [2.75, 3.05) is 19.6 Å². The molecule has 2 atom stereocenters. The summed E-state index contributed by atoms with van der Waals surface area (Å²) < 4.78 is 0. The number of benzene rings is 1. The number of unbranched alkanes of at least 4 members (excludes halogenated alkanes) is 1. The minimum atomic E-state index is -1.09. The topological polar surface area (TPSA) is 190 Å². The standard InChI is InChI=1S/C24H33N7O4/c25-18(11-15-8-10-31(14-15)24(26)27)22(33)28-9-4-3-7-21(32)30-20(23(34)35)12-16-13-29-19-6-2-1-5-17(16)19/h1-2,5-6,8,13,18,20,29H,3-4,7,9-12,14,25H2,(H3,26,27)(H,28,33)(H,30,32)(H,34,35). The molecule has 0 saturated heterocycles. The summed E-state index contributed by atoms with van der Waals surface area (Å²) in [5.74, 6) is -1.72. The summed E-state index contributed by atoms with van der Waals surface area (Å²) in [5, 5.41) is 23.3. The minimum Gasteiger partial charge on any atom is -0.480 e. The monoisotopic (exact) mass is 483 g/mol. The van der Waals surface area contributed by atoms with Gasteiger partial charge in [-0.15, -0.1) is 0 Å². The summed E-state index contributed by atoms with van der Waals surface area (Å²) in [7, 11) is 0. The first kappa shape index (κ1) is 25.8. The van der Waals surface area contributed by atoms with Gasteiger partial charge in [-0.1, -0.05) is 29.8 Å². The summed E-state index contributed by atoms with van der Waals surface area (Å²) >= 11 is 0. The zero-order chi connectivity index (χ0) is 25.4. The summed E-state index contributed by atoms with van der Waals surface area (Å²) in [5.41, 5.74) is 14.2. The number of carbonyl (C=O) groups excluding carboxylic acids is 2. The summed E-state index contributed by atoms with van der Waals surface area (Å²) in [6.07, 6.45) is 5.49. The molecule has 9 N–H and O–H groups in total. The highest BCUT2D eigenvalue weighted by atomic mass is 16.4. The highest BCUT2D eigenvalue weighted by Gasteiger charge is 2.22. The molecule has 0 aliphatic carbocycles. The molecule has 0 radical (unpaired) electrons. The van der Waals surface area contributed by atoms with E-state index in [0.29, 0.717) is 38.9 Å². The van der Waals surface area contributed by atoms with Crippen molar-refractivity contribution in [2.45, 2.75) is 44.2 Å². The SMILES string of the molecule is N=C(N)N1CC=C(CC(N)C(=O)NCCCCC(=O)NC(Cc2c[nH]c3ccccc23)C(=O)O)C1. The molecule has 188 valence electrons. The molecule has 2 unspecified atom stereocenters. The molecule has 35 heavy (non-hydrogen) atoms. The molecular weight excluding hydrogens is 450 g/mol. The lowest BCUT2D eigenvalue weighted by Crippen LogP contribution is -2.42. The first-order chi connectivity index (χ1) is 16.7. The van der Waals surface area contributed by atoms with Crippen LogP contribution in [0.4, 0.5) is 0 Å². The maximum Gasteiger partial charge on any atom is 0.326 e. The zero-order valence-electron chi connectivity index (χ0n) is 19.5. The number of para-hydroxylation sites is 1. The molecule has 2 amide bonds. The number of carbonyl (C=O) groups is 3. The normalized spacial score (nSPS) is 14.9. The van der Waals surface area contributed by atoms with Crippen molar-refractivity contribution in [3.63, 3.8) is 0 Å². The quantitative estimate of drug-likeness (QED) is 0.0984. The molecule has 11 nitrogen and oxygen atoms in total. The molecule has 0 fully saturated rings. The molecule has 1 aromatic heterocycles. The lowest BCUT2D eigenvalue weighted by molar-refractivity contribution is -0.141. The molecule has 2 aromatic rings. The van der Waals surface area contributed by atoms with Crippen LogP contribution in [0.1, 0.15) is 31.2 Å². The fourth-order valence-corrected chi connectivity index (χ4v) is 4.06. The molecule has 1 aromatic carbocycles. The van der Waals surface area contributed by atoms with Gasteiger partial charge in [0.25, 0.3) is 0 Å². The molecule has 0 bridgehead atoms. The number of hydrogen-bond donors (Lipinski definition) is 7. The number of rotatable bonds is 12. The van der Waals surface area contributed by atoms with E-state index in [2.05, 4.69) is 15.6 Å². The Morgan fingerprint density at radius 2 is 1.97 bits per heavy atom. The van der Waals surface area contributed by atoms with E-state index in [1.165, 1.54) is 0 Å². The van der Waals surface area contributed by atoms with Crippen LogP contribution in [0.2, 0.25) is 0 Å². The number of carboxylic acid groups (broad SMARTS) is 1. The van der Waals surface area contributed by atoms with Crippen LogP contribution in [-0.4, -0.2) is 70.5 Å². The Balaban J connectivity index is 1.34. The molecule has 2 heterocycles. The van der Waals surface area contributed by atoms with Crippen LogP contribution in [0.15, 0.2) is 42.1 Å². The molecule has 3 rings (SSSR count). The first-order valence-electron chi connectivity index (χ1n) is 11.6. The van der Waals surface area contributed by atoms with Crippen LogP contribution in [-0.2, 0) is 20.8 Å². The number of nitrogens with two attached hydrogens (primary N) is 2. The molecule has 1 aliphatic heterocycles. The van der Waals surface area contributed by atoms with Gasteiger partial charge in [0.05, 0.1) is 6.04 Å². The van der Waals surface area contributed by atoms with Gasteiger partial charge in [0, 0.05) is 49.6 Å². The van der Waals surface area contributed by atoms with E-state index in [4.69, 9.17) is 16.9 Å². The van der Waals surface area contributed by atoms with Gasteiger partial charge in [0.2, 0.25) is 11.8 Å². The number of hydrogen-bond acceptors (Lipinski definition) is 5. The smallest absolute Gasteiger partial charge is 0.326 e. The molecular formula is C24H33N7O4. The van der Waals surface area contributed by atoms with Crippen molar-refractivity contribution >= 4 is 34.6 Å². The number of aromatic nitrogens is 1. The zero-order valence-corrected chi connectivity index (χ0v) is 19.5. The highest BCUT2D eigenvalue weighted by molar-refractivity contribution is 5.86. The van der Waals surface area contributed by atoms with E-state index in [1.54, 1.807) is 11.1 Å². The Hall–Kier alpha value is -3.86. The number of fused-ring (bicyclic) bond motifs is 1. The van der Waals surface area contributed by atoms with Crippen LogP contribution in [0.3, 0.4) is 0 Å². The number of aliphatic carboxylic acids is 1. The van der Waals surface area contributed by atoms with E-state index >= 15 is 0 Å². The largest absolute Gasteiger partial charge is 0.480 e. The fraction of sp³-hybridized carbons (Fsp3) is 0.417.